The predicted octanol–water partition coefficient (Wildman–Crippen LogP) is 2.75. The molecule has 0 aliphatic rings. The summed E-state index contributed by atoms with van der Waals surface area (Å²) in [5, 5.41) is 3.58. The van der Waals surface area contributed by atoms with Gasteiger partial charge in [-0.25, -0.2) is 8.42 Å². The molecule has 0 fully saturated rings. The molecule has 7 heteroatoms. The molecule has 0 spiro atoms. The maximum absolute atomic E-state index is 12.9. The van der Waals surface area contributed by atoms with E-state index in [0.29, 0.717) is 5.56 Å². The zero-order valence-corrected chi connectivity index (χ0v) is 13.5. The molecule has 6 nitrogen and oxygen atoms in total. The summed E-state index contributed by atoms with van der Waals surface area (Å²) in [5.74, 6) is -1.21. The summed E-state index contributed by atoms with van der Waals surface area (Å²) in [5.41, 5.74) is 0.292. The number of nitrogens with zero attached hydrogens (tertiary/aromatic N) is 1. The van der Waals surface area contributed by atoms with Crippen molar-refractivity contribution in [3.05, 3.63) is 72.0 Å². The molecule has 2 aromatic carbocycles. The highest BCUT2D eigenvalue weighted by Crippen LogP contribution is 2.33. The Morgan fingerprint density at radius 3 is 2.17 bits per heavy atom. The fraction of sp³-hybridized carbons (Fsp3) is 0.0588. The van der Waals surface area contributed by atoms with E-state index in [2.05, 4.69) is 5.16 Å². The van der Waals surface area contributed by atoms with Gasteiger partial charge in [-0.15, -0.1) is 0 Å². The van der Waals surface area contributed by atoms with Crippen molar-refractivity contribution in [1.82, 2.24) is 5.16 Å². The Morgan fingerprint density at radius 2 is 1.58 bits per heavy atom. The van der Waals surface area contributed by atoms with E-state index >= 15 is 0 Å². The number of carbonyl (C=O) groups excluding carboxylic acids is 1. The van der Waals surface area contributed by atoms with Crippen molar-refractivity contribution in [2.45, 2.75) is 9.79 Å². The van der Waals surface area contributed by atoms with Crippen LogP contribution in [0.4, 0.5) is 0 Å². The molecule has 0 saturated heterocycles. The van der Waals surface area contributed by atoms with Crippen LogP contribution in [0.1, 0.15) is 16.1 Å². The van der Waals surface area contributed by atoms with Gasteiger partial charge in [-0.1, -0.05) is 48.5 Å². The summed E-state index contributed by atoms with van der Waals surface area (Å²) in [6.45, 7) is 0. The van der Waals surface area contributed by atoms with Crippen molar-refractivity contribution in [2.24, 2.45) is 0 Å². The lowest BCUT2D eigenvalue weighted by Gasteiger charge is -2.05. The van der Waals surface area contributed by atoms with E-state index in [0.717, 1.165) is 0 Å². The highest BCUT2D eigenvalue weighted by Gasteiger charge is 2.34. The number of sulfone groups is 1. The van der Waals surface area contributed by atoms with E-state index in [4.69, 9.17) is 9.26 Å². The normalized spacial score (nSPS) is 11.2. The molecule has 0 atom stereocenters. The molecule has 0 bridgehead atoms. The monoisotopic (exact) mass is 343 g/mol. The van der Waals surface area contributed by atoms with E-state index in [-0.39, 0.29) is 21.4 Å². The number of hydrogen-bond donors (Lipinski definition) is 0. The molecule has 3 aromatic rings. The van der Waals surface area contributed by atoms with Gasteiger partial charge in [-0.3, -0.25) is 4.79 Å². The first kappa shape index (κ1) is 15.9. The van der Waals surface area contributed by atoms with Gasteiger partial charge in [-0.2, -0.15) is 0 Å². The van der Waals surface area contributed by atoms with Crippen LogP contribution in [0.3, 0.4) is 0 Å². The average Bonchev–Trinajstić information content (AvgIpc) is 3.07. The number of rotatable bonds is 5. The maximum atomic E-state index is 12.9. The molecular weight excluding hydrogens is 330 g/mol. The minimum absolute atomic E-state index is 0.0219. The first-order valence-corrected chi connectivity index (χ1v) is 8.47. The minimum Gasteiger partial charge on any atom is -0.478 e. The van der Waals surface area contributed by atoms with Crippen LogP contribution in [0, 0.1) is 0 Å². The number of ketones is 1. The molecule has 3 rings (SSSR count). The second-order valence-electron chi connectivity index (χ2n) is 4.86. The molecule has 1 heterocycles. The Bertz CT molecular complexity index is 963. The summed E-state index contributed by atoms with van der Waals surface area (Å²) in [6.07, 6.45) is 0. The molecule has 24 heavy (non-hydrogen) atoms. The van der Waals surface area contributed by atoms with Crippen LogP contribution in [0.15, 0.2) is 75.0 Å². The summed E-state index contributed by atoms with van der Waals surface area (Å²) in [7, 11) is -2.76. The molecular formula is C17H13NO5S. The SMILES string of the molecule is COc1noc(C(=O)c2ccccc2)c1S(=O)(=O)c1ccccc1. The van der Waals surface area contributed by atoms with Gasteiger partial charge in [0.15, 0.2) is 4.90 Å². The zero-order chi connectivity index (χ0) is 17.2. The van der Waals surface area contributed by atoms with Gasteiger partial charge in [-0.05, 0) is 17.3 Å². The standard InChI is InChI=1S/C17H13NO5S/c1-22-17-16(24(20,21)13-10-6-3-7-11-13)15(23-18-17)14(19)12-8-4-2-5-9-12/h2-11H,1H3. The highest BCUT2D eigenvalue weighted by molar-refractivity contribution is 7.91. The molecule has 0 saturated carbocycles. The number of ether oxygens (including phenoxy) is 1. The van der Waals surface area contributed by atoms with Crippen molar-refractivity contribution in [2.75, 3.05) is 7.11 Å². The van der Waals surface area contributed by atoms with Gasteiger partial charge < -0.3 is 9.26 Å². The Labute approximate surface area is 138 Å². The molecule has 0 amide bonds. The van der Waals surface area contributed by atoms with E-state index in [1.807, 2.05) is 0 Å². The van der Waals surface area contributed by atoms with Crippen molar-refractivity contribution in [3.8, 4) is 5.88 Å². The van der Waals surface area contributed by atoms with Crippen LogP contribution < -0.4 is 4.74 Å². The Kier molecular flexibility index (Phi) is 4.18. The van der Waals surface area contributed by atoms with Gasteiger partial charge in [0, 0.05) is 5.56 Å². The van der Waals surface area contributed by atoms with Crippen molar-refractivity contribution in [3.63, 3.8) is 0 Å². The maximum Gasteiger partial charge on any atom is 0.274 e. The fourth-order valence-corrected chi connectivity index (χ4v) is 3.69. The van der Waals surface area contributed by atoms with E-state index in [1.165, 1.54) is 19.2 Å². The summed E-state index contributed by atoms with van der Waals surface area (Å²) >= 11 is 0. The second kappa shape index (κ2) is 6.29. The second-order valence-corrected chi connectivity index (χ2v) is 6.75. The summed E-state index contributed by atoms with van der Waals surface area (Å²) in [6, 6.07) is 16.0. The van der Waals surface area contributed by atoms with Crippen LogP contribution in [0.5, 0.6) is 5.88 Å². The molecule has 0 N–H and O–H groups in total. The van der Waals surface area contributed by atoms with Crippen molar-refractivity contribution < 1.29 is 22.5 Å². The lowest BCUT2D eigenvalue weighted by Crippen LogP contribution is -2.09. The fourth-order valence-electron chi connectivity index (χ4n) is 2.22. The van der Waals surface area contributed by atoms with Gasteiger partial charge in [0.1, 0.15) is 0 Å². The number of aromatic nitrogens is 1. The Balaban J connectivity index is 2.18. The molecule has 0 aliphatic heterocycles. The van der Waals surface area contributed by atoms with Crippen molar-refractivity contribution in [1.29, 1.82) is 0 Å². The van der Waals surface area contributed by atoms with Gasteiger partial charge in [0.2, 0.25) is 21.4 Å². The summed E-state index contributed by atoms with van der Waals surface area (Å²) in [4.78, 5) is 12.3. The topological polar surface area (TPSA) is 86.5 Å². The highest BCUT2D eigenvalue weighted by atomic mass is 32.2. The van der Waals surface area contributed by atoms with E-state index < -0.39 is 15.6 Å². The molecule has 1 aromatic heterocycles. The Hall–Kier alpha value is -2.93. The first-order valence-electron chi connectivity index (χ1n) is 6.99. The number of hydrogen-bond acceptors (Lipinski definition) is 6. The van der Waals surface area contributed by atoms with Crippen LogP contribution in [-0.4, -0.2) is 26.5 Å². The van der Waals surface area contributed by atoms with Crippen LogP contribution in [0.2, 0.25) is 0 Å². The summed E-state index contributed by atoms with van der Waals surface area (Å²) < 4.78 is 35.8. The Morgan fingerprint density at radius 1 is 1.00 bits per heavy atom. The number of carbonyl (C=O) groups is 1. The smallest absolute Gasteiger partial charge is 0.274 e. The predicted molar refractivity (Wildman–Crippen MR) is 84.8 cm³/mol. The van der Waals surface area contributed by atoms with Crippen molar-refractivity contribution >= 4 is 15.6 Å². The molecule has 0 unspecified atom stereocenters. The lowest BCUT2D eigenvalue weighted by atomic mass is 10.1. The first-order chi connectivity index (χ1) is 11.6. The third-order valence-corrected chi connectivity index (χ3v) is 5.17. The van der Waals surface area contributed by atoms with Crippen LogP contribution in [0.25, 0.3) is 0 Å². The van der Waals surface area contributed by atoms with Gasteiger partial charge in [0.25, 0.3) is 5.88 Å². The number of benzene rings is 2. The minimum atomic E-state index is -4.02. The molecule has 0 aliphatic carbocycles. The quantitative estimate of drug-likeness (QED) is 0.662. The van der Waals surface area contributed by atoms with Gasteiger partial charge >= 0.3 is 0 Å². The average molecular weight is 343 g/mol. The van der Waals surface area contributed by atoms with Gasteiger partial charge in [0.05, 0.1) is 12.0 Å². The van der Waals surface area contributed by atoms with E-state index in [9.17, 15) is 13.2 Å². The van der Waals surface area contributed by atoms with Crippen LogP contribution in [-0.2, 0) is 9.84 Å². The third kappa shape index (κ3) is 2.69. The zero-order valence-electron chi connectivity index (χ0n) is 12.7. The lowest BCUT2D eigenvalue weighted by molar-refractivity contribution is 0.0996. The third-order valence-electron chi connectivity index (χ3n) is 3.38. The van der Waals surface area contributed by atoms with Crippen LogP contribution >= 0.6 is 0 Å². The van der Waals surface area contributed by atoms with E-state index in [1.54, 1.807) is 48.5 Å². The largest absolute Gasteiger partial charge is 0.478 e. The number of methoxy groups -OCH3 is 1. The molecule has 0 radical (unpaired) electrons. The molecule has 122 valence electrons.